The van der Waals surface area contributed by atoms with Crippen LogP contribution in [0.1, 0.15) is 133 Å². The summed E-state index contributed by atoms with van der Waals surface area (Å²) >= 11 is 0. The van der Waals surface area contributed by atoms with Gasteiger partial charge in [0, 0.05) is 20.8 Å². The Balaban J connectivity index is 1.16. The number of benzene rings is 1. The lowest BCUT2D eigenvalue weighted by atomic mass is 9.32. The second-order valence-corrected chi connectivity index (χ2v) is 22.1. The largest absolute Gasteiger partial charge is 0.469 e. The summed E-state index contributed by atoms with van der Waals surface area (Å²) in [5.74, 6) is -0.775. The predicted molar refractivity (Wildman–Crippen MR) is 236 cm³/mol. The Morgan fingerprint density at radius 1 is 0.719 bits per heavy atom. The zero-order valence-electron chi connectivity index (χ0n) is 40.0. The van der Waals surface area contributed by atoms with Gasteiger partial charge in [-0.25, -0.2) is 4.79 Å². The van der Waals surface area contributed by atoms with Gasteiger partial charge in [0.2, 0.25) is 0 Å². The van der Waals surface area contributed by atoms with Crippen LogP contribution in [-0.2, 0) is 58.9 Å². The van der Waals surface area contributed by atoms with Crippen LogP contribution in [0.25, 0.3) is 0 Å². The Morgan fingerprint density at radius 3 is 2.02 bits per heavy atom. The van der Waals surface area contributed by atoms with Gasteiger partial charge in [-0.05, 0) is 114 Å². The first-order valence-electron chi connectivity index (χ1n) is 23.6. The molecule has 7 rings (SSSR count). The molecule has 1 N–H and O–H groups in total. The van der Waals surface area contributed by atoms with Gasteiger partial charge in [-0.15, -0.1) is 0 Å². The van der Waals surface area contributed by atoms with Gasteiger partial charge in [0.05, 0.1) is 25.2 Å². The fraction of sp³-hybridized carbons (Fsp3) is 0.745. The predicted octanol–water partition coefficient (Wildman–Crippen LogP) is 8.65. The topological polar surface area (TPSA) is 162 Å². The molecule has 1 aromatic carbocycles. The Labute approximate surface area is 379 Å². The molecule has 13 nitrogen and oxygen atoms in total. The lowest BCUT2D eigenvalue weighted by Crippen LogP contribution is -2.67. The number of hydrogen-bond acceptors (Lipinski definition) is 12. The zero-order chi connectivity index (χ0) is 46.6. The van der Waals surface area contributed by atoms with E-state index in [0.717, 1.165) is 63.4 Å². The first kappa shape index (κ1) is 48.0. The van der Waals surface area contributed by atoms with Crippen molar-refractivity contribution in [2.75, 3.05) is 13.7 Å². The molecular formula is C51H73NO12. The van der Waals surface area contributed by atoms with Crippen LogP contribution in [0, 0.1) is 56.2 Å². The Hall–Kier alpha value is -3.97. The summed E-state index contributed by atoms with van der Waals surface area (Å²) in [6, 6.07) is 9.22. The van der Waals surface area contributed by atoms with E-state index < -0.39 is 71.6 Å². The molecule has 0 unspecified atom stereocenters. The first-order valence-corrected chi connectivity index (χ1v) is 23.6. The molecule has 354 valence electrons. The minimum absolute atomic E-state index is 0.0103. The Bertz CT molecular complexity index is 1970. The van der Waals surface area contributed by atoms with Crippen molar-refractivity contribution in [3.63, 3.8) is 0 Å². The number of rotatable bonds is 10. The van der Waals surface area contributed by atoms with Crippen LogP contribution >= 0.6 is 0 Å². The molecule has 6 aliphatic rings. The smallest absolute Gasteiger partial charge is 0.407 e. The minimum atomic E-state index is -1.33. The van der Waals surface area contributed by atoms with Crippen LogP contribution in [0.2, 0.25) is 0 Å². The molecule has 0 aromatic heterocycles. The standard InChI is InChI=1S/C51H73NO12/c1-30(53)60-40-36(28-52-45(57)59-29-33-15-13-12-14-16-33)63-43(42(62-32(3)55)41(40)61-31(2)54)64-39-20-21-48(8)37(47(39,6)7)19-22-50(10)38(48)18-17-34-35-27-46(4,5)23-25-51(35,44(56)58-11)26-24-49(34,50)9/h12-16,20-21,34-43H,17-19,22-29H2,1-11H3,(H,52,57)/t34-,35+,36-,37+,38-,39+,40-,41+,42-,43+,48+,49-,50-,51+/m1/s1. The molecule has 1 saturated heterocycles. The van der Waals surface area contributed by atoms with Gasteiger partial charge in [0.25, 0.3) is 0 Å². The molecule has 0 radical (unpaired) electrons. The third kappa shape index (κ3) is 8.50. The normalized spacial score (nSPS) is 40.4. The molecule has 0 bridgehead atoms. The van der Waals surface area contributed by atoms with E-state index in [9.17, 15) is 24.0 Å². The first-order chi connectivity index (χ1) is 30.0. The van der Waals surface area contributed by atoms with Crippen molar-refractivity contribution in [2.24, 2.45) is 56.2 Å². The van der Waals surface area contributed by atoms with E-state index in [1.165, 1.54) is 20.8 Å². The fourth-order valence-electron chi connectivity index (χ4n) is 14.5. The van der Waals surface area contributed by atoms with Crippen LogP contribution in [0.4, 0.5) is 4.79 Å². The number of nitrogens with one attached hydrogen (secondary N) is 1. The lowest BCUT2D eigenvalue weighted by Gasteiger charge is -2.72. The summed E-state index contributed by atoms with van der Waals surface area (Å²) in [5, 5.41) is 2.70. The lowest BCUT2D eigenvalue weighted by molar-refractivity contribution is -0.319. The highest BCUT2D eigenvalue weighted by molar-refractivity contribution is 5.78. The van der Waals surface area contributed by atoms with E-state index in [1.807, 2.05) is 30.3 Å². The van der Waals surface area contributed by atoms with Gasteiger partial charge in [0.1, 0.15) is 12.7 Å². The number of esters is 4. The summed E-state index contributed by atoms with van der Waals surface area (Å²) in [7, 11) is 1.56. The molecule has 5 fully saturated rings. The molecule has 1 aromatic rings. The van der Waals surface area contributed by atoms with E-state index in [0.29, 0.717) is 11.8 Å². The molecule has 64 heavy (non-hydrogen) atoms. The monoisotopic (exact) mass is 892 g/mol. The maximum absolute atomic E-state index is 13.8. The second-order valence-electron chi connectivity index (χ2n) is 22.1. The summed E-state index contributed by atoms with van der Waals surface area (Å²) in [4.78, 5) is 64.6. The van der Waals surface area contributed by atoms with Crippen LogP contribution in [-0.4, -0.2) is 80.4 Å². The maximum Gasteiger partial charge on any atom is 0.407 e. The summed E-state index contributed by atoms with van der Waals surface area (Å²) in [6.07, 6.45) is 5.92. The Morgan fingerprint density at radius 2 is 1.36 bits per heavy atom. The quantitative estimate of drug-likeness (QED) is 0.135. The zero-order valence-corrected chi connectivity index (χ0v) is 40.0. The summed E-state index contributed by atoms with van der Waals surface area (Å²) in [6.45, 7) is 20.2. The van der Waals surface area contributed by atoms with Crippen molar-refractivity contribution >= 4 is 30.0 Å². The van der Waals surface area contributed by atoms with E-state index >= 15 is 0 Å². The van der Waals surface area contributed by atoms with Gasteiger partial charge >= 0.3 is 30.0 Å². The number of allylic oxidation sites excluding steroid dienone is 1. The molecule has 1 aliphatic heterocycles. The fourth-order valence-corrected chi connectivity index (χ4v) is 14.5. The molecule has 13 heteroatoms. The van der Waals surface area contributed by atoms with Crippen molar-refractivity contribution in [1.29, 1.82) is 0 Å². The number of carbonyl (C=O) groups is 5. The summed E-state index contributed by atoms with van der Waals surface area (Å²) < 4.78 is 41.9. The van der Waals surface area contributed by atoms with Gasteiger partial charge < -0.3 is 38.5 Å². The van der Waals surface area contributed by atoms with E-state index in [2.05, 4.69) is 65.9 Å². The van der Waals surface area contributed by atoms with E-state index in [-0.39, 0.29) is 52.6 Å². The number of fused-ring (bicyclic) bond motifs is 7. The number of hydrogen-bond donors (Lipinski definition) is 1. The van der Waals surface area contributed by atoms with Crippen molar-refractivity contribution in [1.82, 2.24) is 5.32 Å². The minimum Gasteiger partial charge on any atom is -0.469 e. The number of alkyl carbamates (subject to hydrolysis) is 1. The number of methoxy groups -OCH3 is 1. The highest BCUT2D eigenvalue weighted by Gasteiger charge is 2.71. The van der Waals surface area contributed by atoms with Crippen LogP contribution < -0.4 is 5.32 Å². The summed E-state index contributed by atoms with van der Waals surface area (Å²) in [5.41, 5.74) is -0.00166. The Kier molecular flexibility index (Phi) is 13.3. The number of carbonyl (C=O) groups excluding carboxylic acids is 5. The average molecular weight is 892 g/mol. The van der Waals surface area contributed by atoms with Gasteiger partial charge in [-0.2, -0.15) is 0 Å². The van der Waals surface area contributed by atoms with Crippen LogP contribution in [0.3, 0.4) is 0 Å². The van der Waals surface area contributed by atoms with Crippen LogP contribution in [0.15, 0.2) is 42.5 Å². The number of amides is 1. The molecule has 1 heterocycles. The maximum atomic E-state index is 13.8. The molecule has 1 amide bonds. The highest BCUT2D eigenvalue weighted by Crippen LogP contribution is 2.76. The average Bonchev–Trinajstić information content (AvgIpc) is 3.22. The molecular weight excluding hydrogens is 819 g/mol. The van der Waals surface area contributed by atoms with Crippen molar-refractivity contribution in [3.05, 3.63) is 48.0 Å². The molecule has 0 spiro atoms. The highest BCUT2D eigenvalue weighted by atomic mass is 16.7. The van der Waals surface area contributed by atoms with Gasteiger partial charge in [0.15, 0.2) is 24.6 Å². The third-order valence-corrected chi connectivity index (χ3v) is 17.7. The third-order valence-electron chi connectivity index (χ3n) is 17.7. The molecule has 14 atom stereocenters. The van der Waals surface area contributed by atoms with E-state index in [1.54, 1.807) is 7.11 Å². The van der Waals surface area contributed by atoms with Crippen molar-refractivity contribution in [2.45, 2.75) is 170 Å². The SMILES string of the molecule is COC(=O)[C@]12CCC(C)(C)C[C@H]1[C@H]1CC[C@@H]3[C@@]4(C)C=C[C@H](O[C@@H]5O[C@H](CNC(=O)OCc6ccccc6)[C@@H](OC(C)=O)[C@H](OC(C)=O)[C@H]5OC(C)=O)C(C)(C)[C@@H]4CC[C@@]3(C)[C@]1(C)CC2. The number of ether oxygens (including phenoxy) is 7. The van der Waals surface area contributed by atoms with Crippen molar-refractivity contribution in [3.8, 4) is 0 Å². The molecule has 4 saturated carbocycles. The van der Waals surface area contributed by atoms with Gasteiger partial charge in [-0.1, -0.05) is 91.0 Å². The second kappa shape index (κ2) is 17.7. The van der Waals surface area contributed by atoms with Crippen molar-refractivity contribution < 1.29 is 57.1 Å². The van der Waals surface area contributed by atoms with Crippen LogP contribution in [0.5, 0.6) is 0 Å². The van der Waals surface area contributed by atoms with E-state index in [4.69, 9.17) is 33.2 Å². The van der Waals surface area contributed by atoms with Gasteiger partial charge in [-0.3, -0.25) is 19.2 Å². The molecule has 5 aliphatic carbocycles.